The Kier molecular flexibility index (Phi) is 4.81. The molecule has 5 heteroatoms. The quantitative estimate of drug-likeness (QED) is 0.711. The number of carbonyl (C=O) groups excluding carboxylic acids is 1. The van der Waals surface area contributed by atoms with Gasteiger partial charge in [-0.05, 0) is 31.5 Å². The Bertz CT molecular complexity index is 869. The molecular formula is C19H17BrN2O2. The van der Waals surface area contributed by atoms with Crippen LogP contribution in [0, 0.1) is 13.8 Å². The van der Waals surface area contributed by atoms with Crippen molar-refractivity contribution in [3.63, 3.8) is 0 Å². The van der Waals surface area contributed by atoms with Gasteiger partial charge in [0.2, 0.25) is 0 Å². The minimum absolute atomic E-state index is 0.187. The van der Waals surface area contributed by atoms with Crippen molar-refractivity contribution in [1.82, 2.24) is 10.5 Å². The second-order valence-corrected chi connectivity index (χ2v) is 6.56. The van der Waals surface area contributed by atoms with Crippen LogP contribution in [-0.4, -0.2) is 11.1 Å². The van der Waals surface area contributed by atoms with Crippen LogP contribution in [0.2, 0.25) is 0 Å². The number of aromatic nitrogens is 1. The first-order chi connectivity index (χ1) is 11.5. The minimum Gasteiger partial charge on any atom is -0.360 e. The van der Waals surface area contributed by atoms with Crippen LogP contribution < -0.4 is 5.32 Å². The molecule has 0 saturated carbocycles. The Morgan fingerprint density at radius 1 is 1.17 bits per heavy atom. The number of carbonyl (C=O) groups is 1. The van der Waals surface area contributed by atoms with Crippen LogP contribution in [-0.2, 0) is 6.54 Å². The lowest BCUT2D eigenvalue weighted by molar-refractivity contribution is 0.0950. The maximum Gasteiger partial charge on any atom is 0.257 e. The molecule has 3 aromatic rings. The van der Waals surface area contributed by atoms with E-state index in [1.165, 1.54) is 5.56 Å². The largest absolute Gasteiger partial charge is 0.360 e. The number of amides is 1. The second-order valence-electron chi connectivity index (χ2n) is 5.64. The topological polar surface area (TPSA) is 55.1 Å². The van der Waals surface area contributed by atoms with Crippen molar-refractivity contribution < 1.29 is 9.32 Å². The van der Waals surface area contributed by atoms with E-state index in [4.69, 9.17) is 4.52 Å². The zero-order valence-corrected chi connectivity index (χ0v) is 15.1. The molecule has 0 aliphatic carbocycles. The summed E-state index contributed by atoms with van der Waals surface area (Å²) in [6, 6.07) is 15.7. The summed E-state index contributed by atoms with van der Waals surface area (Å²) >= 11 is 3.40. The number of hydrogen-bond donors (Lipinski definition) is 1. The first-order valence-electron chi connectivity index (χ1n) is 7.60. The standard InChI is InChI=1S/C19H17BrN2O2/c1-12-4-3-5-14(10-12)11-21-19(23)17-13(2)24-22-18(17)15-6-8-16(20)9-7-15/h3-10H,11H2,1-2H3,(H,21,23). The van der Waals surface area contributed by atoms with Crippen LogP contribution in [0.1, 0.15) is 27.2 Å². The highest BCUT2D eigenvalue weighted by molar-refractivity contribution is 9.10. The molecule has 2 aromatic carbocycles. The van der Waals surface area contributed by atoms with E-state index in [0.29, 0.717) is 23.6 Å². The zero-order valence-electron chi connectivity index (χ0n) is 13.5. The Morgan fingerprint density at radius 3 is 2.62 bits per heavy atom. The van der Waals surface area contributed by atoms with Crippen molar-refractivity contribution in [2.75, 3.05) is 0 Å². The lowest BCUT2D eigenvalue weighted by Crippen LogP contribution is -2.23. The van der Waals surface area contributed by atoms with Gasteiger partial charge in [-0.1, -0.05) is 63.0 Å². The van der Waals surface area contributed by atoms with E-state index in [1.807, 2.05) is 49.4 Å². The smallest absolute Gasteiger partial charge is 0.257 e. The molecular weight excluding hydrogens is 368 g/mol. The van der Waals surface area contributed by atoms with Gasteiger partial charge >= 0.3 is 0 Å². The number of aryl methyl sites for hydroxylation is 2. The maximum absolute atomic E-state index is 12.6. The van der Waals surface area contributed by atoms with E-state index in [0.717, 1.165) is 15.6 Å². The molecule has 0 aliphatic heterocycles. The highest BCUT2D eigenvalue weighted by Gasteiger charge is 2.21. The summed E-state index contributed by atoms with van der Waals surface area (Å²) in [6.45, 7) is 4.24. The number of nitrogens with one attached hydrogen (secondary N) is 1. The molecule has 24 heavy (non-hydrogen) atoms. The van der Waals surface area contributed by atoms with E-state index in [9.17, 15) is 4.79 Å². The molecule has 0 saturated heterocycles. The summed E-state index contributed by atoms with van der Waals surface area (Å²) in [7, 11) is 0. The van der Waals surface area contributed by atoms with Crippen molar-refractivity contribution in [3.8, 4) is 11.3 Å². The van der Waals surface area contributed by atoms with E-state index in [1.54, 1.807) is 6.92 Å². The summed E-state index contributed by atoms with van der Waals surface area (Å²) in [5.74, 6) is 0.322. The van der Waals surface area contributed by atoms with Crippen LogP contribution in [0.25, 0.3) is 11.3 Å². The summed E-state index contributed by atoms with van der Waals surface area (Å²) in [5.41, 5.74) is 4.10. The highest BCUT2D eigenvalue weighted by Crippen LogP contribution is 2.26. The van der Waals surface area contributed by atoms with E-state index < -0.39 is 0 Å². The van der Waals surface area contributed by atoms with Gasteiger partial charge < -0.3 is 9.84 Å². The Balaban J connectivity index is 1.82. The normalized spacial score (nSPS) is 10.6. The second kappa shape index (κ2) is 7.01. The maximum atomic E-state index is 12.6. The molecule has 1 heterocycles. The molecule has 122 valence electrons. The molecule has 0 fully saturated rings. The van der Waals surface area contributed by atoms with Gasteiger partial charge in [0.1, 0.15) is 17.0 Å². The average molecular weight is 385 g/mol. The van der Waals surface area contributed by atoms with Crippen LogP contribution in [0.4, 0.5) is 0 Å². The van der Waals surface area contributed by atoms with Crippen molar-refractivity contribution in [2.24, 2.45) is 0 Å². The van der Waals surface area contributed by atoms with Crippen molar-refractivity contribution in [2.45, 2.75) is 20.4 Å². The van der Waals surface area contributed by atoms with Crippen LogP contribution >= 0.6 is 15.9 Å². The lowest BCUT2D eigenvalue weighted by Gasteiger charge is -2.07. The number of hydrogen-bond acceptors (Lipinski definition) is 3. The van der Waals surface area contributed by atoms with Crippen LogP contribution in [0.15, 0.2) is 57.5 Å². The predicted molar refractivity (Wildman–Crippen MR) is 96.7 cm³/mol. The molecule has 4 nitrogen and oxygen atoms in total. The first-order valence-corrected chi connectivity index (χ1v) is 8.40. The zero-order chi connectivity index (χ0) is 17.1. The van der Waals surface area contributed by atoms with Gasteiger partial charge in [-0.2, -0.15) is 0 Å². The highest BCUT2D eigenvalue weighted by atomic mass is 79.9. The van der Waals surface area contributed by atoms with Crippen LogP contribution in [0.5, 0.6) is 0 Å². The molecule has 0 spiro atoms. The van der Waals surface area contributed by atoms with Crippen molar-refractivity contribution in [3.05, 3.63) is 75.5 Å². The van der Waals surface area contributed by atoms with Crippen molar-refractivity contribution >= 4 is 21.8 Å². The third kappa shape index (κ3) is 3.57. The van der Waals surface area contributed by atoms with Gasteiger partial charge in [-0.3, -0.25) is 4.79 Å². The number of nitrogens with zero attached hydrogens (tertiary/aromatic N) is 1. The summed E-state index contributed by atoms with van der Waals surface area (Å²) in [5, 5.41) is 7.00. The third-order valence-corrected chi connectivity index (χ3v) is 4.27. The average Bonchev–Trinajstić information content (AvgIpc) is 2.95. The molecule has 1 aromatic heterocycles. The minimum atomic E-state index is -0.187. The number of benzene rings is 2. The molecule has 0 aliphatic rings. The Hall–Kier alpha value is -2.40. The summed E-state index contributed by atoms with van der Waals surface area (Å²) in [4.78, 5) is 12.6. The van der Waals surface area contributed by atoms with Gasteiger partial charge in [0.15, 0.2) is 0 Å². The van der Waals surface area contributed by atoms with E-state index >= 15 is 0 Å². The molecule has 0 atom stereocenters. The monoisotopic (exact) mass is 384 g/mol. The number of halogens is 1. The van der Waals surface area contributed by atoms with E-state index in [2.05, 4.69) is 32.5 Å². The van der Waals surface area contributed by atoms with E-state index in [-0.39, 0.29) is 5.91 Å². The van der Waals surface area contributed by atoms with Gasteiger partial charge in [-0.25, -0.2) is 0 Å². The molecule has 0 unspecified atom stereocenters. The van der Waals surface area contributed by atoms with Gasteiger partial charge in [0, 0.05) is 16.6 Å². The SMILES string of the molecule is Cc1cccc(CNC(=O)c2c(-c3ccc(Br)cc3)noc2C)c1. The molecule has 3 rings (SSSR count). The van der Waals surface area contributed by atoms with Gasteiger partial charge in [-0.15, -0.1) is 0 Å². The summed E-state index contributed by atoms with van der Waals surface area (Å²) in [6.07, 6.45) is 0. The lowest BCUT2D eigenvalue weighted by atomic mass is 10.1. The third-order valence-electron chi connectivity index (χ3n) is 3.74. The molecule has 1 amide bonds. The summed E-state index contributed by atoms with van der Waals surface area (Å²) < 4.78 is 6.22. The fraction of sp³-hybridized carbons (Fsp3) is 0.158. The fourth-order valence-corrected chi connectivity index (χ4v) is 2.80. The Morgan fingerprint density at radius 2 is 1.92 bits per heavy atom. The molecule has 1 N–H and O–H groups in total. The molecule has 0 bridgehead atoms. The Labute approximate surface area is 149 Å². The first kappa shape index (κ1) is 16.5. The van der Waals surface area contributed by atoms with Gasteiger partial charge in [0.25, 0.3) is 5.91 Å². The van der Waals surface area contributed by atoms with Gasteiger partial charge in [0.05, 0.1) is 0 Å². The van der Waals surface area contributed by atoms with Crippen LogP contribution in [0.3, 0.4) is 0 Å². The number of rotatable bonds is 4. The molecule has 0 radical (unpaired) electrons. The fourth-order valence-electron chi connectivity index (χ4n) is 2.54. The van der Waals surface area contributed by atoms with Crippen molar-refractivity contribution in [1.29, 1.82) is 0 Å². The predicted octanol–water partition coefficient (Wildman–Crippen LogP) is 4.65.